The summed E-state index contributed by atoms with van der Waals surface area (Å²) in [5.74, 6) is 0. The summed E-state index contributed by atoms with van der Waals surface area (Å²) in [5.41, 5.74) is 0.503. The average molecular weight is 229 g/mol. The fourth-order valence-corrected chi connectivity index (χ4v) is 2.40. The van der Waals surface area contributed by atoms with E-state index < -0.39 is 5.41 Å². The molecule has 1 nitrogen and oxygen atoms in total. The zero-order valence-electron chi connectivity index (χ0n) is 7.59. The van der Waals surface area contributed by atoms with E-state index in [9.17, 15) is 4.79 Å². The highest BCUT2D eigenvalue weighted by Crippen LogP contribution is 2.45. The largest absolute Gasteiger partial charge is 0.280 e. The Bertz CT molecular complexity index is 369. The van der Waals surface area contributed by atoms with Gasteiger partial charge in [-0.3, -0.25) is 4.79 Å². The molecular formula is C11H10Cl2O. The van der Waals surface area contributed by atoms with Crippen LogP contribution in [0.15, 0.2) is 24.3 Å². The molecular weight excluding hydrogens is 219 g/mol. The van der Waals surface area contributed by atoms with Gasteiger partial charge in [-0.05, 0) is 42.1 Å². The van der Waals surface area contributed by atoms with Crippen molar-refractivity contribution in [3.63, 3.8) is 0 Å². The van der Waals surface area contributed by atoms with Crippen molar-refractivity contribution < 1.29 is 4.79 Å². The number of hydrogen-bond donors (Lipinski definition) is 0. The number of halogens is 2. The summed E-state index contributed by atoms with van der Waals surface area (Å²) >= 11 is 11.5. The van der Waals surface area contributed by atoms with Crippen molar-refractivity contribution in [2.45, 2.75) is 24.7 Å². The third kappa shape index (κ3) is 1.45. The summed E-state index contributed by atoms with van der Waals surface area (Å²) in [4.78, 5) is 11.4. The van der Waals surface area contributed by atoms with Crippen molar-refractivity contribution >= 4 is 28.4 Å². The summed E-state index contributed by atoms with van der Waals surface area (Å²) in [6, 6.07) is 7.42. The molecule has 1 saturated carbocycles. The maximum Gasteiger partial charge on any atom is 0.232 e. The van der Waals surface area contributed by atoms with Gasteiger partial charge in [-0.25, -0.2) is 0 Å². The highest BCUT2D eigenvalue weighted by molar-refractivity contribution is 6.65. The molecule has 0 saturated heterocycles. The van der Waals surface area contributed by atoms with Gasteiger partial charge in [0.15, 0.2) is 0 Å². The standard InChI is InChI=1S/C11H10Cl2O/c12-9-4-1-3-8(7-9)11(10(13)14)5-2-6-11/h1,3-4,7H,2,5-6H2. The normalized spacial score (nSPS) is 18.7. The van der Waals surface area contributed by atoms with Crippen LogP contribution in [0, 0.1) is 0 Å². The predicted octanol–water partition coefficient (Wildman–Crippen LogP) is 3.53. The predicted molar refractivity (Wildman–Crippen MR) is 57.8 cm³/mol. The first kappa shape index (κ1) is 10.0. The summed E-state index contributed by atoms with van der Waals surface area (Å²) in [6.45, 7) is 0. The summed E-state index contributed by atoms with van der Waals surface area (Å²) < 4.78 is 0. The Balaban J connectivity index is 2.42. The Hall–Kier alpha value is -0.530. The molecule has 1 aliphatic carbocycles. The van der Waals surface area contributed by atoms with Crippen molar-refractivity contribution in [2.24, 2.45) is 0 Å². The maximum absolute atomic E-state index is 11.4. The van der Waals surface area contributed by atoms with Gasteiger partial charge in [0.1, 0.15) is 0 Å². The highest BCUT2D eigenvalue weighted by Gasteiger charge is 2.44. The molecule has 2 rings (SSSR count). The second kappa shape index (κ2) is 3.56. The van der Waals surface area contributed by atoms with Crippen LogP contribution in [-0.4, -0.2) is 5.24 Å². The Labute approximate surface area is 93.0 Å². The summed E-state index contributed by atoms with van der Waals surface area (Å²) in [6.07, 6.45) is 2.75. The molecule has 0 atom stereocenters. The third-order valence-electron chi connectivity index (χ3n) is 2.96. The van der Waals surface area contributed by atoms with E-state index >= 15 is 0 Å². The molecule has 74 valence electrons. The minimum Gasteiger partial charge on any atom is -0.280 e. The van der Waals surface area contributed by atoms with Gasteiger partial charge >= 0.3 is 0 Å². The minimum atomic E-state index is -0.452. The molecule has 1 aromatic rings. The molecule has 0 amide bonds. The van der Waals surface area contributed by atoms with Gasteiger partial charge in [-0.2, -0.15) is 0 Å². The fraction of sp³-hybridized carbons (Fsp3) is 0.364. The Kier molecular flexibility index (Phi) is 2.54. The monoisotopic (exact) mass is 228 g/mol. The Morgan fingerprint density at radius 3 is 2.50 bits per heavy atom. The molecule has 0 N–H and O–H groups in total. The average Bonchev–Trinajstić information content (AvgIpc) is 2.00. The van der Waals surface area contributed by atoms with E-state index in [2.05, 4.69) is 0 Å². The van der Waals surface area contributed by atoms with Gasteiger partial charge in [0.05, 0.1) is 5.41 Å². The van der Waals surface area contributed by atoms with E-state index in [1.54, 1.807) is 6.07 Å². The van der Waals surface area contributed by atoms with Crippen molar-refractivity contribution in [3.8, 4) is 0 Å². The maximum atomic E-state index is 11.4. The lowest BCUT2D eigenvalue weighted by Gasteiger charge is -2.38. The zero-order valence-corrected chi connectivity index (χ0v) is 9.11. The topological polar surface area (TPSA) is 17.1 Å². The smallest absolute Gasteiger partial charge is 0.232 e. The second-order valence-electron chi connectivity index (χ2n) is 3.72. The number of rotatable bonds is 2. The number of carbonyl (C=O) groups excluding carboxylic acids is 1. The molecule has 1 fully saturated rings. The van der Waals surface area contributed by atoms with Crippen LogP contribution in [0.3, 0.4) is 0 Å². The van der Waals surface area contributed by atoms with E-state index in [4.69, 9.17) is 23.2 Å². The molecule has 3 heteroatoms. The Morgan fingerprint density at radius 1 is 1.36 bits per heavy atom. The van der Waals surface area contributed by atoms with Gasteiger partial charge in [0, 0.05) is 5.02 Å². The zero-order chi connectivity index (χ0) is 10.2. The lowest BCUT2D eigenvalue weighted by molar-refractivity contribution is -0.119. The van der Waals surface area contributed by atoms with Crippen molar-refractivity contribution in [3.05, 3.63) is 34.9 Å². The van der Waals surface area contributed by atoms with E-state index in [-0.39, 0.29) is 5.24 Å². The highest BCUT2D eigenvalue weighted by atomic mass is 35.5. The first-order valence-electron chi connectivity index (χ1n) is 4.61. The molecule has 0 spiro atoms. The van der Waals surface area contributed by atoms with Gasteiger partial charge < -0.3 is 0 Å². The first-order chi connectivity index (χ1) is 6.65. The first-order valence-corrected chi connectivity index (χ1v) is 5.37. The Morgan fingerprint density at radius 2 is 2.07 bits per heavy atom. The minimum absolute atomic E-state index is 0.258. The van der Waals surface area contributed by atoms with Crippen LogP contribution < -0.4 is 0 Å². The van der Waals surface area contributed by atoms with E-state index in [1.807, 2.05) is 18.2 Å². The van der Waals surface area contributed by atoms with Gasteiger partial charge in [-0.15, -0.1) is 0 Å². The van der Waals surface area contributed by atoms with Crippen LogP contribution in [-0.2, 0) is 10.2 Å². The van der Waals surface area contributed by atoms with Crippen LogP contribution >= 0.6 is 23.2 Å². The molecule has 0 aliphatic heterocycles. The lowest BCUT2D eigenvalue weighted by atomic mass is 9.65. The van der Waals surface area contributed by atoms with Crippen molar-refractivity contribution in [2.75, 3.05) is 0 Å². The van der Waals surface area contributed by atoms with E-state index in [1.165, 1.54) is 0 Å². The van der Waals surface area contributed by atoms with Crippen LogP contribution in [0.1, 0.15) is 24.8 Å². The van der Waals surface area contributed by atoms with Crippen molar-refractivity contribution in [1.29, 1.82) is 0 Å². The molecule has 0 aromatic heterocycles. The number of benzene rings is 1. The molecule has 0 heterocycles. The molecule has 0 bridgehead atoms. The SMILES string of the molecule is O=C(Cl)C1(c2cccc(Cl)c2)CCC1. The number of carbonyl (C=O) groups is 1. The molecule has 1 aromatic carbocycles. The lowest BCUT2D eigenvalue weighted by Crippen LogP contribution is -2.39. The molecule has 0 unspecified atom stereocenters. The second-order valence-corrected chi connectivity index (χ2v) is 4.50. The quantitative estimate of drug-likeness (QED) is 0.709. The fourth-order valence-electron chi connectivity index (χ4n) is 1.92. The van der Waals surface area contributed by atoms with Gasteiger partial charge in [0.25, 0.3) is 0 Å². The van der Waals surface area contributed by atoms with Gasteiger partial charge in [0.2, 0.25) is 5.24 Å². The summed E-state index contributed by atoms with van der Waals surface area (Å²) in [7, 11) is 0. The van der Waals surface area contributed by atoms with Crippen LogP contribution in [0.25, 0.3) is 0 Å². The van der Waals surface area contributed by atoms with Crippen LogP contribution in [0.2, 0.25) is 5.02 Å². The van der Waals surface area contributed by atoms with Gasteiger partial charge in [-0.1, -0.05) is 30.2 Å². The summed E-state index contributed by atoms with van der Waals surface area (Å²) in [5, 5.41) is 0.401. The van der Waals surface area contributed by atoms with Crippen LogP contribution in [0.5, 0.6) is 0 Å². The third-order valence-corrected chi connectivity index (χ3v) is 3.56. The molecule has 14 heavy (non-hydrogen) atoms. The number of hydrogen-bond acceptors (Lipinski definition) is 1. The molecule has 0 radical (unpaired) electrons. The van der Waals surface area contributed by atoms with E-state index in [0.29, 0.717) is 5.02 Å². The van der Waals surface area contributed by atoms with Crippen LogP contribution in [0.4, 0.5) is 0 Å². The van der Waals surface area contributed by atoms with Crippen molar-refractivity contribution in [1.82, 2.24) is 0 Å². The van der Waals surface area contributed by atoms with E-state index in [0.717, 1.165) is 24.8 Å². The molecule has 1 aliphatic rings.